The molecule has 0 amide bonds. The first-order valence-corrected chi connectivity index (χ1v) is 9.35. The summed E-state index contributed by atoms with van der Waals surface area (Å²) in [5.74, 6) is 0. The molecule has 22 heavy (non-hydrogen) atoms. The van der Waals surface area contributed by atoms with E-state index in [0.717, 1.165) is 8.61 Å². The third-order valence-electron chi connectivity index (χ3n) is 3.36. The predicted octanol–water partition coefficient (Wildman–Crippen LogP) is 1.34. The molecule has 0 radical (unpaired) electrons. The van der Waals surface area contributed by atoms with Crippen LogP contribution in [-0.4, -0.2) is 53.6 Å². The molecule has 0 N–H and O–H groups in total. The van der Waals surface area contributed by atoms with Crippen LogP contribution in [0.15, 0.2) is 46.2 Å². The van der Waals surface area contributed by atoms with Gasteiger partial charge in [0, 0.05) is 39.0 Å². The third kappa shape index (κ3) is 2.63. The Hall–Kier alpha value is -1.48. The fraction of sp³-hybridized carbons (Fsp3) is 0.286. The first kappa shape index (κ1) is 16.9. The Bertz CT molecular complexity index is 840. The molecule has 0 atom stereocenters. The number of hydrogen-bond acceptors (Lipinski definition) is 4. The Morgan fingerprint density at radius 2 is 0.955 bits per heavy atom. The molecule has 0 saturated carbocycles. The zero-order valence-corrected chi connectivity index (χ0v) is 14.4. The number of hydrogen-bond donors (Lipinski definition) is 0. The largest absolute Gasteiger partial charge is 0.243 e. The molecule has 8 heteroatoms. The summed E-state index contributed by atoms with van der Waals surface area (Å²) in [4.78, 5) is 0.177. The molecule has 0 spiro atoms. The second-order valence-corrected chi connectivity index (χ2v) is 9.42. The van der Waals surface area contributed by atoms with Gasteiger partial charge in [0.2, 0.25) is 20.0 Å². The molecule has 0 bridgehead atoms. The average Bonchev–Trinajstić information content (AvgIpc) is 2.45. The maximum Gasteiger partial charge on any atom is 0.243 e. The molecule has 0 aliphatic rings. The first-order chi connectivity index (χ1) is 10.1. The van der Waals surface area contributed by atoms with Gasteiger partial charge in [-0.3, -0.25) is 0 Å². The van der Waals surface area contributed by atoms with E-state index < -0.39 is 20.0 Å². The minimum atomic E-state index is -3.66. The van der Waals surface area contributed by atoms with E-state index in [9.17, 15) is 16.8 Å². The van der Waals surface area contributed by atoms with Crippen molar-refractivity contribution in [3.63, 3.8) is 0 Å². The molecule has 0 aliphatic heterocycles. The lowest BCUT2D eigenvalue weighted by Gasteiger charge is -2.16. The molecular weight excluding hydrogens is 324 g/mol. The van der Waals surface area contributed by atoms with Crippen molar-refractivity contribution in [1.29, 1.82) is 0 Å². The molecule has 0 saturated heterocycles. The maximum absolute atomic E-state index is 12.4. The molecule has 0 aliphatic carbocycles. The van der Waals surface area contributed by atoms with Gasteiger partial charge in [-0.05, 0) is 12.1 Å². The zero-order valence-electron chi connectivity index (χ0n) is 12.8. The summed E-state index contributed by atoms with van der Waals surface area (Å²) in [6, 6.07) is 9.27. The summed E-state index contributed by atoms with van der Waals surface area (Å²) in [7, 11) is -1.57. The van der Waals surface area contributed by atoms with Crippen molar-refractivity contribution >= 4 is 30.8 Å². The summed E-state index contributed by atoms with van der Waals surface area (Å²) in [6.07, 6.45) is 0. The Morgan fingerprint density at radius 1 is 0.636 bits per heavy atom. The topological polar surface area (TPSA) is 74.8 Å². The summed E-state index contributed by atoms with van der Waals surface area (Å²) < 4.78 is 51.8. The molecule has 0 fully saturated rings. The van der Waals surface area contributed by atoms with Crippen molar-refractivity contribution in [2.24, 2.45) is 0 Å². The standard InChI is InChI=1S/C14H18N2O4S2/c1-15(2)21(17,18)13-9-5-8-12-11(13)7-6-10-14(12)22(19,20)16(3)4/h5-10H,1-4H3. The van der Waals surface area contributed by atoms with E-state index in [-0.39, 0.29) is 9.79 Å². The van der Waals surface area contributed by atoms with E-state index in [4.69, 9.17) is 0 Å². The lowest BCUT2D eigenvalue weighted by Crippen LogP contribution is -2.23. The van der Waals surface area contributed by atoms with Crippen LogP contribution in [0, 0.1) is 0 Å². The summed E-state index contributed by atoms with van der Waals surface area (Å²) >= 11 is 0. The molecule has 2 aromatic rings. The van der Waals surface area contributed by atoms with E-state index in [1.165, 1.54) is 40.3 Å². The van der Waals surface area contributed by atoms with Gasteiger partial charge in [-0.15, -0.1) is 0 Å². The predicted molar refractivity (Wildman–Crippen MR) is 85.7 cm³/mol. The van der Waals surface area contributed by atoms with E-state index in [2.05, 4.69) is 0 Å². The van der Waals surface area contributed by atoms with Crippen LogP contribution in [0.5, 0.6) is 0 Å². The van der Waals surface area contributed by atoms with Crippen molar-refractivity contribution in [3.05, 3.63) is 36.4 Å². The van der Waals surface area contributed by atoms with Crippen LogP contribution in [-0.2, 0) is 20.0 Å². The molecule has 0 unspecified atom stereocenters. The second kappa shape index (κ2) is 5.62. The van der Waals surface area contributed by atoms with Gasteiger partial charge in [-0.1, -0.05) is 24.3 Å². The fourth-order valence-electron chi connectivity index (χ4n) is 2.10. The van der Waals surface area contributed by atoms with Gasteiger partial charge in [0.1, 0.15) is 0 Å². The first-order valence-electron chi connectivity index (χ1n) is 6.47. The Balaban J connectivity index is 2.90. The summed E-state index contributed by atoms with van der Waals surface area (Å²) in [6.45, 7) is 0. The van der Waals surface area contributed by atoms with Crippen LogP contribution in [0.1, 0.15) is 0 Å². The lowest BCUT2D eigenvalue weighted by molar-refractivity contribution is 0.520. The molecule has 6 nitrogen and oxygen atoms in total. The second-order valence-electron chi connectivity index (χ2n) is 5.18. The number of sulfonamides is 2. The van der Waals surface area contributed by atoms with Gasteiger partial charge in [-0.2, -0.15) is 0 Å². The van der Waals surface area contributed by atoms with Crippen LogP contribution in [0.2, 0.25) is 0 Å². The van der Waals surface area contributed by atoms with Crippen LogP contribution < -0.4 is 0 Å². The number of fused-ring (bicyclic) bond motifs is 1. The molecule has 120 valence electrons. The number of nitrogens with zero attached hydrogens (tertiary/aromatic N) is 2. The van der Waals surface area contributed by atoms with E-state index in [1.807, 2.05) is 0 Å². The van der Waals surface area contributed by atoms with Crippen molar-refractivity contribution in [1.82, 2.24) is 8.61 Å². The monoisotopic (exact) mass is 342 g/mol. The van der Waals surface area contributed by atoms with Crippen LogP contribution in [0.3, 0.4) is 0 Å². The third-order valence-corrected chi connectivity index (χ3v) is 7.11. The normalized spacial score (nSPS) is 13.2. The number of benzene rings is 2. The van der Waals surface area contributed by atoms with Crippen LogP contribution in [0.4, 0.5) is 0 Å². The van der Waals surface area contributed by atoms with Crippen LogP contribution >= 0.6 is 0 Å². The van der Waals surface area contributed by atoms with Gasteiger partial charge in [0.05, 0.1) is 9.79 Å². The maximum atomic E-state index is 12.4. The Morgan fingerprint density at radius 3 is 1.23 bits per heavy atom. The molecule has 2 rings (SSSR count). The van der Waals surface area contributed by atoms with Gasteiger partial charge in [0.15, 0.2) is 0 Å². The minimum absolute atomic E-state index is 0.0887. The van der Waals surface area contributed by atoms with E-state index in [1.54, 1.807) is 24.3 Å². The fourth-order valence-corrected chi connectivity index (χ4v) is 4.30. The molecule has 0 aromatic heterocycles. The number of rotatable bonds is 4. The van der Waals surface area contributed by atoms with Crippen molar-refractivity contribution < 1.29 is 16.8 Å². The van der Waals surface area contributed by atoms with E-state index >= 15 is 0 Å². The quantitative estimate of drug-likeness (QED) is 0.840. The highest BCUT2D eigenvalue weighted by Crippen LogP contribution is 2.30. The average molecular weight is 342 g/mol. The van der Waals surface area contributed by atoms with Crippen molar-refractivity contribution in [3.8, 4) is 0 Å². The SMILES string of the molecule is CN(C)S(=O)(=O)c1cccc2c(S(=O)(=O)N(C)C)cccc12. The van der Waals surface area contributed by atoms with E-state index in [0.29, 0.717) is 10.8 Å². The van der Waals surface area contributed by atoms with Crippen molar-refractivity contribution in [2.75, 3.05) is 28.2 Å². The highest BCUT2D eigenvalue weighted by Gasteiger charge is 2.24. The van der Waals surface area contributed by atoms with Gasteiger partial charge in [0.25, 0.3) is 0 Å². The summed E-state index contributed by atoms with van der Waals surface area (Å²) in [5.41, 5.74) is 0. The zero-order chi connectivity index (χ0) is 16.7. The van der Waals surface area contributed by atoms with Crippen LogP contribution in [0.25, 0.3) is 10.8 Å². The minimum Gasteiger partial charge on any atom is -0.207 e. The smallest absolute Gasteiger partial charge is 0.207 e. The van der Waals surface area contributed by atoms with Gasteiger partial charge in [-0.25, -0.2) is 25.4 Å². The molecular formula is C14H18N2O4S2. The van der Waals surface area contributed by atoms with Gasteiger partial charge < -0.3 is 0 Å². The van der Waals surface area contributed by atoms with Gasteiger partial charge >= 0.3 is 0 Å². The van der Waals surface area contributed by atoms with Crippen molar-refractivity contribution in [2.45, 2.75) is 9.79 Å². The highest BCUT2D eigenvalue weighted by atomic mass is 32.2. The Labute approximate surface area is 131 Å². The molecule has 0 heterocycles. The molecule has 2 aromatic carbocycles. The summed E-state index contributed by atoms with van der Waals surface area (Å²) in [5, 5.41) is 0.776. The Kier molecular flexibility index (Phi) is 4.31. The highest BCUT2D eigenvalue weighted by molar-refractivity contribution is 7.89. The lowest BCUT2D eigenvalue weighted by atomic mass is 10.1.